The summed E-state index contributed by atoms with van der Waals surface area (Å²) in [4.78, 5) is 37.7. The molecule has 0 spiro atoms. The van der Waals surface area contributed by atoms with Crippen molar-refractivity contribution in [3.63, 3.8) is 0 Å². The van der Waals surface area contributed by atoms with E-state index in [1.807, 2.05) is 38.1 Å². The lowest BCUT2D eigenvalue weighted by Crippen LogP contribution is -2.33. The van der Waals surface area contributed by atoms with Crippen molar-refractivity contribution in [3.05, 3.63) is 58.7 Å². The molecule has 0 saturated heterocycles. The van der Waals surface area contributed by atoms with Crippen molar-refractivity contribution in [1.82, 2.24) is 5.32 Å². The van der Waals surface area contributed by atoms with Crippen LogP contribution in [-0.4, -0.2) is 17.7 Å². The molecule has 0 radical (unpaired) electrons. The highest BCUT2D eigenvalue weighted by atomic mass is 16.2. The Balaban J connectivity index is 1.52. The number of hydrogen-bond donors (Lipinski definition) is 3. The molecule has 29 heavy (non-hydrogen) atoms. The Morgan fingerprint density at radius 3 is 2.55 bits per heavy atom. The van der Waals surface area contributed by atoms with Crippen molar-refractivity contribution in [2.45, 2.75) is 45.6 Å². The van der Waals surface area contributed by atoms with Gasteiger partial charge in [-0.15, -0.1) is 0 Å². The molecular weight excluding hydrogens is 366 g/mol. The van der Waals surface area contributed by atoms with Gasteiger partial charge in [0.25, 0.3) is 11.8 Å². The van der Waals surface area contributed by atoms with Gasteiger partial charge < -0.3 is 16.0 Å². The topological polar surface area (TPSA) is 87.3 Å². The van der Waals surface area contributed by atoms with Crippen LogP contribution < -0.4 is 16.0 Å². The molecule has 2 aromatic rings. The van der Waals surface area contributed by atoms with Crippen molar-refractivity contribution in [2.75, 3.05) is 10.6 Å². The molecule has 1 aliphatic heterocycles. The summed E-state index contributed by atoms with van der Waals surface area (Å²) in [6.07, 6.45) is 4.01. The first-order valence-electron chi connectivity index (χ1n) is 10.1. The van der Waals surface area contributed by atoms with Gasteiger partial charge in [0.1, 0.15) is 6.04 Å². The summed E-state index contributed by atoms with van der Waals surface area (Å²) in [5.74, 6) is -0.529. The zero-order valence-corrected chi connectivity index (χ0v) is 16.7. The summed E-state index contributed by atoms with van der Waals surface area (Å²) in [5, 5.41) is 8.62. The minimum atomic E-state index is -0.725. The first-order valence-corrected chi connectivity index (χ1v) is 10.1. The van der Waals surface area contributed by atoms with E-state index in [0.717, 1.165) is 48.1 Å². The third-order valence-corrected chi connectivity index (χ3v) is 5.89. The normalized spacial score (nSPS) is 18.3. The minimum Gasteiger partial charge on any atom is -0.336 e. The van der Waals surface area contributed by atoms with E-state index >= 15 is 0 Å². The van der Waals surface area contributed by atoms with Gasteiger partial charge in [-0.2, -0.15) is 0 Å². The Labute approximate surface area is 170 Å². The van der Waals surface area contributed by atoms with Crippen LogP contribution in [0.3, 0.4) is 0 Å². The van der Waals surface area contributed by atoms with Gasteiger partial charge in [-0.25, -0.2) is 0 Å². The predicted octanol–water partition coefficient (Wildman–Crippen LogP) is 3.86. The number of hydrogen-bond acceptors (Lipinski definition) is 3. The second-order valence-electron chi connectivity index (χ2n) is 7.93. The highest BCUT2D eigenvalue weighted by Crippen LogP contribution is 2.33. The van der Waals surface area contributed by atoms with Crippen molar-refractivity contribution >= 4 is 29.1 Å². The molecule has 2 aliphatic rings. The van der Waals surface area contributed by atoms with E-state index in [0.29, 0.717) is 11.3 Å². The smallest absolute Gasteiger partial charge is 0.252 e. The average Bonchev–Trinajstić information content (AvgIpc) is 3.33. The number of carbonyl (C=O) groups is 3. The third-order valence-electron chi connectivity index (χ3n) is 5.89. The fraction of sp³-hybridized carbons (Fsp3) is 0.348. The maximum atomic E-state index is 12.9. The average molecular weight is 391 g/mol. The summed E-state index contributed by atoms with van der Waals surface area (Å²) >= 11 is 0. The van der Waals surface area contributed by atoms with Gasteiger partial charge >= 0.3 is 0 Å². The van der Waals surface area contributed by atoms with Crippen LogP contribution in [-0.2, 0) is 9.59 Å². The maximum Gasteiger partial charge on any atom is 0.252 e. The van der Waals surface area contributed by atoms with Gasteiger partial charge in [-0.05, 0) is 56.0 Å². The van der Waals surface area contributed by atoms with Gasteiger partial charge in [-0.3, -0.25) is 14.4 Å². The largest absolute Gasteiger partial charge is 0.336 e. The number of anilines is 2. The molecule has 3 N–H and O–H groups in total. The van der Waals surface area contributed by atoms with E-state index in [9.17, 15) is 14.4 Å². The van der Waals surface area contributed by atoms with E-state index < -0.39 is 6.04 Å². The van der Waals surface area contributed by atoms with Crippen molar-refractivity contribution in [3.8, 4) is 0 Å². The molecule has 1 fully saturated rings. The molecule has 6 nitrogen and oxygen atoms in total. The lowest BCUT2D eigenvalue weighted by Gasteiger charge is -2.16. The van der Waals surface area contributed by atoms with Crippen LogP contribution >= 0.6 is 0 Å². The summed E-state index contributed by atoms with van der Waals surface area (Å²) in [6, 6.07) is 10.1. The van der Waals surface area contributed by atoms with Crippen molar-refractivity contribution in [1.29, 1.82) is 0 Å². The minimum absolute atomic E-state index is 0.0166. The molecule has 2 aromatic carbocycles. The quantitative estimate of drug-likeness (QED) is 0.740. The standard InChI is InChI=1S/C23H25N3O3/c1-13-10-11-16(12-18(13)25-21(27)15-7-3-4-8-15)22(28)26-20-19-14(2)6-5-9-17(19)24-23(20)29/h5-6,9-12,15,20H,3-4,7-8H2,1-2H3,(H,24,29)(H,25,27)(H,26,28)/t20-/m0/s1. The molecule has 0 aromatic heterocycles. The number of amides is 3. The SMILES string of the molecule is Cc1ccc(C(=O)N[C@@H]2C(=O)Nc3cccc(C)c32)cc1NC(=O)C1CCCC1. The predicted molar refractivity (Wildman–Crippen MR) is 112 cm³/mol. The highest BCUT2D eigenvalue weighted by molar-refractivity contribution is 6.07. The molecule has 1 saturated carbocycles. The third kappa shape index (κ3) is 3.75. The molecule has 4 rings (SSSR count). The number of fused-ring (bicyclic) bond motifs is 1. The summed E-state index contributed by atoms with van der Waals surface area (Å²) < 4.78 is 0. The maximum absolute atomic E-state index is 12.9. The Morgan fingerprint density at radius 1 is 1.03 bits per heavy atom. The molecule has 1 atom stereocenters. The van der Waals surface area contributed by atoms with Gasteiger partial charge in [0, 0.05) is 28.4 Å². The number of nitrogens with one attached hydrogen (secondary N) is 3. The van der Waals surface area contributed by atoms with Crippen LogP contribution in [0.2, 0.25) is 0 Å². The number of aryl methyl sites for hydroxylation is 2. The molecule has 0 unspecified atom stereocenters. The second-order valence-corrected chi connectivity index (χ2v) is 7.93. The van der Waals surface area contributed by atoms with E-state index in [4.69, 9.17) is 0 Å². The summed E-state index contributed by atoms with van der Waals surface area (Å²) in [5.41, 5.74) is 4.42. The van der Waals surface area contributed by atoms with Crippen LogP contribution in [0.25, 0.3) is 0 Å². The van der Waals surface area contributed by atoms with E-state index in [-0.39, 0.29) is 23.6 Å². The first kappa shape index (κ1) is 19.2. The van der Waals surface area contributed by atoms with E-state index in [1.54, 1.807) is 12.1 Å². The van der Waals surface area contributed by atoms with E-state index in [1.165, 1.54) is 0 Å². The Bertz CT molecular complexity index is 993. The van der Waals surface area contributed by atoms with Gasteiger partial charge in [0.2, 0.25) is 5.91 Å². The summed E-state index contributed by atoms with van der Waals surface area (Å²) in [6.45, 7) is 3.82. The first-order chi connectivity index (χ1) is 13.9. The number of rotatable bonds is 4. The van der Waals surface area contributed by atoms with Crippen LogP contribution in [0.5, 0.6) is 0 Å². The van der Waals surface area contributed by atoms with Crippen LogP contribution in [0.15, 0.2) is 36.4 Å². The molecule has 150 valence electrons. The van der Waals surface area contributed by atoms with Crippen molar-refractivity contribution in [2.24, 2.45) is 5.92 Å². The van der Waals surface area contributed by atoms with Crippen LogP contribution in [0.4, 0.5) is 11.4 Å². The molecule has 1 aliphatic carbocycles. The lowest BCUT2D eigenvalue weighted by atomic mass is 10.0. The van der Waals surface area contributed by atoms with Crippen LogP contribution in [0, 0.1) is 19.8 Å². The fourth-order valence-corrected chi connectivity index (χ4v) is 4.18. The second kappa shape index (κ2) is 7.70. The Kier molecular flexibility index (Phi) is 5.09. The lowest BCUT2D eigenvalue weighted by molar-refractivity contribution is -0.119. The van der Waals surface area contributed by atoms with Gasteiger partial charge in [0.15, 0.2) is 0 Å². The van der Waals surface area contributed by atoms with Gasteiger partial charge in [-0.1, -0.05) is 31.0 Å². The van der Waals surface area contributed by atoms with Gasteiger partial charge in [0.05, 0.1) is 0 Å². The van der Waals surface area contributed by atoms with Crippen molar-refractivity contribution < 1.29 is 14.4 Å². The van der Waals surface area contributed by atoms with Crippen LogP contribution in [0.1, 0.15) is 58.8 Å². The molecule has 3 amide bonds. The monoisotopic (exact) mass is 391 g/mol. The molecule has 1 heterocycles. The fourth-order valence-electron chi connectivity index (χ4n) is 4.18. The molecule has 0 bridgehead atoms. The van der Waals surface area contributed by atoms with E-state index in [2.05, 4.69) is 16.0 Å². The Morgan fingerprint density at radius 2 is 1.79 bits per heavy atom. The Hall–Kier alpha value is -3.15. The highest BCUT2D eigenvalue weighted by Gasteiger charge is 2.33. The molecule has 6 heteroatoms. The zero-order chi connectivity index (χ0) is 20.5. The number of benzene rings is 2. The number of carbonyl (C=O) groups excluding carboxylic acids is 3. The molecular formula is C23H25N3O3. The summed E-state index contributed by atoms with van der Waals surface area (Å²) in [7, 11) is 0. The zero-order valence-electron chi connectivity index (χ0n) is 16.7.